The molecule has 4 nitrogen and oxygen atoms in total. The molecule has 0 saturated carbocycles. The third kappa shape index (κ3) is 3.15. The van der Waals surface area contributed by atoms with E-state index in [4.69, 9.17) is 10.7 Å². The Hall–Kier alpha value is -1.07. The number of benzene rings is 1. The van der Waals surface area contributed by atoms with Crippen molar-refractivity contribution >= 4 is 25.6 Å². The molecule has 110 valence electrons. The lowest BCUT2D eigenvalue weighted by molar-refractivity contribution is 0.0787. The second-order valence-corrected chi connectivity index (χ2v) is 7.82. The quantitative estimate of drug-likeness (QED) is 0.806. The number of hydrogen-bond donors (Lipinski definition) is 0. The summed E-state index contributed by atoms with van der Waals surface area (Å²) in [6.07, 6.45) is 1.66. The average molecular weight is 316 g/mol. The lowest BCUT2D eigenvalue weighted by atomic mass is 10.0. The highest BCUT2D eigenvalue weighted by Crippen LogP contribution is 2.24. The molecule has 0 aromatic heterocycles. The van der Waals surface area contributed by atoms with Gasteiger partial charge >= 0.3 is 0 Å². The molecular weight excluding hydrogens is 298 g/mol. The molecule has 0 aliphatic carbocycles. The van der Waals surface area contributed by atoms with Gasteiger partial charge in [-0.15, -0.1) is 0 Å². The number of rotatable bonds is 3. The van der Waals surface area contributed by atoms with E-state index >= 15 is 0 Å². The Morgan fingerprint density at radius 1 is 1.45 bits per heavy atom. The van der Waals surface area contributed by atoms with Gasteiger partial charge in [0.1, 0.15) is 0 Å². The van der Waals surface area contributed by atoms with Gasteiger partial charge in [0.25, 0.3) is 15.0 Å². The van der Waals surface area contributed by atoms with E-state index in [2.05, 4.69) is 6.92 Å². The van der Waals surface area contributed by atoms with Crippen molar-refractivity contribution in [2.24, 2.45) is 5.92 Å². The van der Waals surface area contributed by atoms with E-state index in [-0.39, 0.29) is 10.8 Å². The predicted octanol–water partition coefficient (Wildman–Crippen LogP) is 2.66. The predicted molar refractivity (Wildman–Crippen MR) is 78.5 cm³/mol. The SMILES string of the molecule is CCc1ccc(S(=O)(=O)Cl)cc1C(=O)N1CCC(C)C1. The molecule has 6 heteroatoms. The maximum atomic E-state index is 12.5. The molecule has 1 heterocycles. The summed E-state index contributed by atoms with van der Waals surface area (Å²) in [7, 11) is 1.54. The monoisotopic (exact) mass is 315 g/mol. The number of amides is 1. The van der Waals surface area contributed by atoms with Gasteiger partial charge in [-0.3, -0.25) is 4.79 Å². The highest BCUT2D eigenvalue weighted by atomic mass is 35.7. The van der Waals surface area contributed by atoms with Gasteiger partial charge in [-0.2, -0.15) is 0 Å². The van der Waals surface area contributed by atoms with Crippen LogP contribution >= 0.6 is 10.7 Å². The molecule has 1 amide bonds. The summed E-state index contributed by atoms with van der Waals surface area (Å²) in [6.45, 7) is 5.49. The number of nitrogens with zero attached hydrogens (tertiary/aromatic N) is 1. The first-order valence-corrected chi connectivity index (χ1v) is 9.00. The van der Waals surface area contributed by atoms with Gasteiger partial charge in [0.15, 0.2) is 0 Å². The Balaban J connectivity index is 2.40. The van der Waals surface area contributed by atoms with Gasteiger partial charge in [-0.25, -0.2) is 8.42 Å². The van der Waals surface area contributed by atoms with Gasteiger partial charge in [-0.1, -0.05) is 19.9 Å². The summed E-state index contributed by atoms with van der Waals surface area (Å²) >= 11 is 0. The Bertz CT molecular complexity index is 627. The maximum Gasteiger partial charge on any atom is 0.261 e. The Morgan fingerprint density at radius 2 is 2.15 bits per heavy atom. The average Bonchev–Trinajstić information content (AvgIpc) is 2.82. The normalized spacial score (nSPS) is 19.4. The van der Waals surface area contributed by atoms with Crippen molar-refractivity contribution in [3.05, 3.63) is 29.3 Å². The molecule has 2 rings (SSSR count). The molecule has 1 atom stereocenters. The van der Waals surface area contributed by atoms with E-state index in [0.717, 1.165) is 25.1 Å². The topological polar surface area (TPSA) is 54.5 Å². The summed E-state index contributed by atoms with van der Waals surface area (Å²) in [6, 6.07) is 4.51. The standard InChI is InChI=1S/C14H18ClNO3S/c1-3-11-4-5-12(20(15,18)19)8-13(11)14(17)16-7-6-10(2)9-16/h4-5,8,10H,3,6-7,9H2,1-2H3. The van der Waals surface area contributed by atoms with Crippen LogP contribution in [0.1, 0.15) is 36.2 Å². The largest absolute Gasteiger partial charge is 0.338 e. The molecule has 0 spiro atoms. The number of carbonyl (C=O) groups excluding carboxylic acids is 1. The van der Waals surface area contributed by atoms with Crippen LogP contribution in [-0.4, -0.2) is 32.3 Å². The van der Waals surface area contributed by atoms with Crippen molar-refractivity contribution < 1.29 is 13.2 Å². The maximum absolute atomic E-state index is 12.5. The van der Waals surface area contributed by atoms with Crippen LogP contribution < -0.4 is 0 Å². The van der Waals surface area contributed by atoms with E-state index in [1.807, 2.05) is 6.92 Å². The van der Waals surface area contributed by atoms with Crippen molar-refractivity contribution in [1.82, 2.24) is 4.90 Å². The van der Waals surface area contributed by atoms with Gasteiger partial charge in [-0.05, 0) is 36.5 Å². The number of hydrogen-bond acceptors (Lipinski definition) is 3. The second kappa shape index (κ2) is 5.74. The van der Waals surface area contributed by atoms with E-state index < -0.39 is 9.05 Å². The summed E-state index contributed by atoms with van der Waals surface area (Å²) in [5.41, 5.74) is 1.29. The van der Waals surface area contributed by atoms with Gasteiger partial charge < -0.3 is 4.90 Å². The van der Waals surface area contributed by atoms with E-state index in [1.165, 1.54) is 12.1 Å². The summed E-state index contributed by atoms with van der Waals surface area (Å²) in [5, 5.41) is 0. The molecule has 1 saturated heterocycles. The number of halogens is 1. The Morgan fingerprint density at radius 3 is 2.65 bits per heavy atom. The van der Waals surface area contributed by atoms with Crippen LogP contribution in [-0.2, 0) is 15.5 Å². The van der Waals surface area contributed by atoms with E-state index in [9.17, 15) is 13.2 Å². The van der Waals surface area contributed by atoms with Crippen molar-refractivity contribution in [3.63, 3.8) is 0 Å². The molecule has 1 fully saturated rings. The number of likely N-dealkylation sites (tertiary alicyclic amines) is 1. The smallest absolute Gasteiger partial charge is 0.261 e. The summed E-state index contributed by atoms with van der Waals surface area (Å²) in [5.74, 6) is 0.386. The summed E-state index contributed by atoms with van der Waals surface area (Å²) < 4.78 is 22.8. The van der Waals surface area contributed by atoms with Crippen molar-refractivity contribution in [2.75, 3.05) is 13.1 Å². The first kappa shape index (κ1) is 15.3. The number of aryl methyl sites for hydroxylation is 1. The molecule has 0 bridgehead atoms. The van der Waals surface area contributed by atoms with Crippen molar-refractivity contribution in [1.29, 1.82) is 0 Å². The fourth-order valence-corrected chi connectivity index (χ4v) is 3.28. The molecule has 1 aliphatic rings. The van der Waals surface area contributed by atoms with Crippen molar-refractivity contribution in [3.8, 4) is 0 Å². The van der Waals surface area contributed by atoms with Crippen LogP contribution in [0.4, 0.5) is 0 Å². The van der Waals surface area contributed by atoms with E-state index in [0.29, 0.717) is 17.9 Å². The van der Waals surface area contributed by atoms with Crippen LogP contribution in [0.2, 0.25) is 0 Å². The molecule has 0 radical (unpaired) electrons. The van der Waals surface area contributed by atoms with Crippen molar-refractivity contribution in [2.45, 2.75) is 31.6 Å². The Kier molecular flexibility index (Phi) is 4.39. The minimum atomic E-state index is -3.82. The molecule has 1 aromatic carbocycles. The third-order valence-corrected chi connectivity index (χ3v) is 5.04. The zero-order chi connectivity index (χ0) is 14.9. The zero-order valence-electron chi connectivity index (χ0n) is 11.6. The number of carbonyl (C=O) groups is 1. The minimum absolute atomic E-state index is 0.0213. The van der Waals surface area contributed by atoms with Gasteiger partial charge in [0.2, 0.25) is 0 Å². The second-order valence-electron chi connectivity index (χ2n) is 5.26. The lowest BCUT2D eigenvalue weighted by Gasteiger charge is -2.18. The molecule has 20 heavy (non-hydrogen) atoms. The molecule has 0 N–H and O–H groups in total. The van der Waals surface area contributed by atoms with Crippen LogP contribution in [0.25, 0.3) is 0 Å². The highest BCUT2D eigenvalue weighted by molar-refractivity contribution is 8.13. The third-order valence-electron chi connectivity index (χ3n) is 3.69. The van der Waals surface area contributed by atoms with Crippen LogP contribution in [0, 0.1) is 5.92 Å². The molecule has 1 aliphatic heterocycles. The summed E-state index contributed by atoms with van der Waals surface area (Å²) in [4.78, 5) is 14.3. The molecular formula is C14H18ClNO3S. The van der Waals surface area contributed by atoms with Gasteiger partial charge in [0, 0.05) is 29.3 Å². The molecule has 1 aromatic rings. The first-order chi connectivity index (χ1) is 9.32. The van der Waals surface area contributed by atoms with E-state index in [1.54, 1.807) is 11.0 Å². The van der Waals surface area contributed by atoms with Crippen LogP contribution in [0.5, 0.6) is 0 Å². The lowest BCUT2D eigenvalue weighted by Crippen LogP contribution is -2.29. The first-order valence-electron chi connectivity index (χ1n) is 6.69. The fourth-order valence-electron chi connectivity index (χ4n) is 2.50. The zero-order valence-corrected chi connectivity index (χ0v) is 13.2. The molecule has 1 unspecified atom stereocenters. The van der Waals surface area contributed by atoms with Gasteiger partial charge in [0.05, 0.1) is 4.90 Å². The highest BCUT2D eigenvalue weighted by Gasteiger charge is 2.26. The fraction of sp³-hybridized carbons (Fsp3) is 0.500. The van der Waals surface area contributed by atoms with Crippen LogP contribution in [0.3, 0.4) is 0 Å². The minimum Gasteiger partial charge on any atom is -0.338 e. The Labute approximate surface area is 124 Å². The van der Waals surface area contributed by atoms with Crippen LogP contribution in [0.15, 0.2) is 23.1 Å².